The van der Waals surface area contributed by atoms with Crippen LogP contribution in [0.3, 0.4) is 0 Å². The predicted octanol–water partition coefficient (Wildman–Crippen LogP) is 4.99. The Kier molecular flexibility index (Phi) is 5.87. The average molecular weight is 444 g/mol. The van der Waals surface area contributed by atoms with Crippen molar-refractivity contribution in [2.24, 2.45) is 0 Å². The molecule has 0 atom stereocenters. The summed E-state index contributed by atoms with van der Waals surface area (Å²) in [5, 5.41) is 20.7. The molecule has 0 spiro atoms. The highest BCUT2D eigenvalue weighted by Crippen LogP contribution is 2.47. The van der Waals surface area contributed by atoms with Crippen molar-refractivity contribution in [1.82, 2.24) is 0 Å². The number of hydrogen-bond acceptors (Lipinski definition) is 7. The Morgan fingerprint density at radius 1 is 0.909 bits per heavy atom. The molecule has 0 bridgehead atoms. The Labute approximate surface area is 189 Å². The Hall–Kier alpha value is -4.52. The zero-order valence-corrected chi connectivity index (χ0v) is 17.9. The van der Waals surface area contributed by atoms with E-state index in [0.717, 1.165) is 0 Å². The van der Waals surface area contributed by atoms with Gasteiger partial charge >= 0.3 is 0 Å². The third-order valence-corrected chi connectivity index (χ3v) is 5.07. The Balaban J connectivity index is 1.84. The standard InChI is InChI=1S/C26H20O7/c1-31-24-18-14-20(22(29)16-8-4-3-5-9-16)33-25(18)26(32-2)23(30)21(24)19(28)12-11-15-7-6-10-17(27)13-15/h3-14,27,30H,1-2H3/b12-11+. The number of aromatic hydroxyl groups is 2. The van der Waals surface area contributed by atoms with Gasteiger partial charge in [-0.3, -0.25) is 9.59 Å². The Morgan fingerprint density at radius 2 is 1.64 bits per heavy atom. The fraction of sp³-hybridized carbons (Fsp3) is 0.0769. The molecule has 0 saturated heterocycles. The van der Waals surface area contributed by atoms with E-state index in [9.17, 15) is 19.8 Å². The van der Waals surface area contributed by atoms with Gasteiger partial charge in [-0.1, -0.05) is 48.5 Å². The maximum atomic E-state index is 13.0. The zero-order chi connectivity index (χ0) is 23.5. The smallest absolute Gasteiger partial charge is 0.228 e. The Bertz CT molecular complexity index is 1380. The third-order valence-electron chi connectivity index (χ3n) is 5.07. The summed E-state index contributed by atoms with van der Waals surface area (Å²) in [6, 6.07) is 16.4. The molecular formula is C26H20O7. The van der Waals surface area contributed by atoms with Crippen LogP contribution < -0.4 is 9.47 Å². The topological polar surface area (TPSA) is 106 Å². The lowest BCUT2D eigenvalue weighted by Gasteiger charge is -2.12. The number of furan rings is 1. The van der Waals surface area contributed by atoms with Gasteiger partial charge in [-0.2, -0.15) is 0 Å². The van der Waals surface area contributed by atoms with Gasteiger partial charge < -0.3 is 24.1 Å². The van der Waals surface area contributed by atoms with Crippen LogP contribution in [0.2, 0.25) is 0 Å². The quantitative estimate of drug-likeness (QED) is 0.306. The first-order chi connectivity index (χ1) is 15.9. The van der Waals surface area contributed by atoms with Crippen molar-refractivity contribution in [1.29, 1.82) is 0 Å². The van der Waals surface area contributed by atoms with E-state index in [-0.39, 0.29) is 39.9 Å². The van der Waals surface area contributed by atoms with Crippen molar-refractivity contribution in [2.45, 2.75) is 0 Å². The molecule has 1 aromatic heterocycles. The molecule has 0 fully saturated rings. The number of fused-ring (bicyclic) bond motifs is 1. The number of benzene rings is 3. The number of allylic oxidation sites excluding steroid dienone is 1. The first-order valence-corrected chi connectivity index (χ1v) is 9.96. The number of ether oxygens (including phenoxy) is 2. The molecule has 0 unspecified atom stereocenters. The largest absolute Gasteiger partial charge is 0.508 e. The van der Waals surface area contributed by atoms with E-state index >= 15 is 0 Å². The number of rotatable bonds is 7. The molecule has 1 heterocycles. The van der Waals surface area contributed by atoms with Crippen molar-refractivity contribution in [2.75, 3.05) is 14.2 Å². The van der Waals surface area contributed by atoms with Gasteiger partial charge in [0.25, 0.3) is 0 Å². The maximum absolute atomic E-state index is 13.0. The monoisotopic (exact) mass is 444 g/mol. The van der Waals surface area contributed by atoms with Crippen LogP contribution in [0.5, 0.6) is 23.0 Å². The summed E-state index contributed by atoms with van der Waals surface area (Å²) in [6.45, 7) is 0. The number of phenolic OH excluding ortho intramolecular Hbond substituents is 2. The van der Waals surface area contributed by atoms with Crippen molar-refractivity contribution in [3.63, 3.8) is 0 Å². The molecule has 4 rings (SSSR count). The van der Waals surface area contributed by atoms with Gasteiger partial charge in [0, 0.05) is 5.56 Å². The van der Waals surface area contributed by atoms with Crippen LogP contribution in [0.4, 0.5) is 0 Å². The van der Waals surface area contributed by atoms with Gasteiger partial charge in [0.2, 0.25) is 11.5 Å². The molecule has 7 nitrogen and oxygen atoms in total. The zero-order valence-electron chi connectivity index (χ0n) is 17.9. The molecule has 0 aliphatic rings. The number of methoxy groups -OCH3 is 2. The van der Waals surface area contributed by atoms with Gasteiger partial charge in [-0.15, -0.1) is 0 Å². The molecule has 33 heavy (non-hydrogen) atoms. The average Bonchev–Trinajstić information content (AvgIpc) is 3.26. The SMILES string of the molecule is COc1c(C(=O)/C=C/c2cccc(O)c2)c(O)c(OC)c2oc(C(=O)c3ccccc3)cc12. The molecular weight excluding hydrogens is 424 g/mol. The van der Waals surface area contributed by atoms with Crippen LogP contribution >= 0.6 is 0 Å². The van der Waals surface area contributed by atoms with E-state index in [0.29, 0.717) is 16.5 Å². The highest BCUT2D eigenvalue weighted by Gasteiger charge is 2.28. The van der Waals surface area contributed by atoms with E-state index in [1.807, 2.05) is 0 Å². The summed E-state index contributed by atoms with van der Waals surface area (Å²) < 4.78 is 16.5. The molecule has 0 saturated carbocycles. The summed E-state index contributed by atoms with van der Waals surface area (Å²) in [7, 11) is 2.67. The maximum Gasteiger partial charge on any atom is 0.228 e. The second kappa shape index (κ2) is 8.92. The lowest BCUT2D eigenvalue weighted by Crippen LogP contribution is -2.02. The molecule has 0 aliphatic heterocycles. The van der Waals surface area contributed by atoms with Gasteiger partial charge in [-0.05, 0) is 29.8 Å². The normalized spacial score (nSPS) is 11.1. The lowest BCUT2D eigenvalue weighted by molar-refractivity contribution is 0.101. The van der Waals surface area contributed by atoms with E-state index in [1.54, 1.807) is 42.5 Å². The fourth-order valence-corrected chi connectivity index (χ4v) is 3.55. The van der Waals surface area contributed by atoms with Crippen LogP contribution in [0.25, 0.3) is 17.0 Å². The second-order valence-electron chi connectivity index (χ2n) is 7.13. The molecule has 2 N–H and O–H groups in total. The molecule has 0 amide bonds. The van der Waals surface area contributed by atoms with Crippen molar-refractivity contribution in [3.8, 4) is 23.0 Å². The minimum Gasteiger partial charge on any atom is -0.508 e. The first-order valence-electron chi connectivity index (χ1n) is 9.96. The van der Waals surface area contributed by atoms with Crippen molar-refractivity contribution in [3.05, 3.63) is 89.2 Å². The number of ketones is 2. The van der Waals surface area contributed by atoms with E-state index in [2.05, 4.69) is 0 Å². The number of phenols is 2. The van der Waals surface area contributed by atoms with E-state index in [1.165, 1.54) is 44.6 Å². The highest BCUT2D eigenvalue weighted by atomic mass is 16.5. The predicted molar refractivity (Wildman–Crippen MR) is 122 cm³/mol. The molecule has 0 aliphatic carbocycles. The third kappa shape index (κ3) is 4.04. The van der Waals surface area contributed by atoms with E-state index < -0.39 is 11.5 Å². The lowest BCUT2D eigenvalue weighted by atomic mass is 10.0. The highest BCUT2D eigenvalue weighted by molar-refractivity contribution is 6.16. The van der Waals surface area contributed by atoms with Crippen LogP contribution in [0, 0.1) is 0 Å². The first kappa shape index (κ1) is 21.7. The minimum absolute atomic E-state index is 0.00658. The van der Waals surface area contributed by atoms with Gasteiger partial charge in [0.1, 0.15) is 17.1 Å². The minimum atomic E-state index is -0.565. The van der Waals surface area contributed by atoms with Crippen LogP contribution in [0.15, 0.2) is 71.2 Å². The van der Waals surface area contributed by atoms with Gasteiger partial charge in [-0.25, -0.2) is 0 Å². The summed E-state index contributed by atoms with van der Waals surface area (Å²) >= 11 is 0. The number of hydrogen-bond donors (Lipinski definition) is 2. The summed E-state index contributed by atoms with van der Waals surface area (Å²) in [4.78, 5) is 25.9. The van der Waals surface area contributed by atoms with Crippen LogP contribution in [0.1, 0.15) is 32.0 Å². The summed E-state index contributed by atoms with van der Waals surface area (Å²) in [5.74, 6) is -1.39. The molecule has 166 valence electrons. The molecule has 7 heteroatoms. The van der Waals surface area contributed by atoms with Crippen LogP contribution in [-0.2, 0) is 0 Å². The van der Waals surface area contributed by atoms with Crippen molar-refractivity contribution < 1.29 is 33.7 Å². The summed E-state index contributed by atoms with van der Waals surface area (Å²) in [5.41, 5.74) is 0.954. The molecule has 4 aromatic rings. The Morgan fingerprint density at radius 3 is 2.30 bits per heavy atom. The number of carbonyl (C=O) groups is 2. The fourth-order valence-electron chi connectivity index (χ4n) is 3.55. The number of carbonyl (C=O) groups excluding carboxylic acids is 2. The van der Waals surface area contributed by atoms with Gasteiger partial charge in [0.05, 0.1) is 19.6 Å². The van der Waals surface area contributed by atoms with Crippen molar-refractivity contribution >= 4 is 28.6 Å². The second-order valence-corrected chi connectivity index (χ2v) is 7.13. The molecule has 0 radical (unpaired) electrons. The molecule has 3 aromatic carbocycles. The van der Waals surface area contributed by atoms with Crippen LogP contribution in [-0.4, -0.2) is 36.0 Å². The van der Waals surface area contributed by atoms with E-state index in [4.69, 9.17) is 13.9 Å². The van der Waals surface area contributed by atoms with Gasteiger partial charge in [0.15, 0.2) is 22.9 Å². The summed E-state index contributed by atoms with van der Waals surface area (Å²) in [6.07, 6.45) is 2.74.